The molecule has 1 aromatic carbocycles. The molecular weight excluding hydrogens is 328 g/mol. The highest BCUT2D eigenvalue weighted by Gasteiger charge is 2.19. The van der Waals surface area contributed by atoms with Gasteiger partial charge in [-0.1, -0.05) is 18.2 Å². The summed E-state index contributed by atoms with van der Waals surface area (Å²) in [6.45, 7) is 4.43. The van der Waals surface area contributed by atoms with Gasteiger partial charge in [0.2, 0.25) is 0 Å². The van der Waals surface area contributed by atoms with Gasteiger partial charge in [0.15, 0.2) is 0 Å². The third kappa shape index (κ3) is 4.42. The Kier molecular flexibility index (Phi) is 5.22. The number of nitrogens with zero attached hydrogens (tertiary/aromatic N) is 4. The Hall–Kier alpha value is -3.28. The predicted octanol–water partition coefficient (Wildman–Crippen LogP) is 3.04. The van der Waals surface area contributed by atoms with Crippen molar-refractivity contribution < 1.29 is 9.90 Å². The molecule has 2 aromatic heterocycles. The lowest BCUT2D eigenvalue weighted by molar-refractivity contribution is 0.0723. The molecule has 0 fully saturated rings. The topological polar surface area (TPSA) is 79.2 Å². The second-order valence-corrected chi connectivity index (χ2v) is 6.13. The number of aromatic hydroxyl groups is 1. The first-order valence-corrected chi connectivity index (χ1v) is 8.29. The Morgan fingerprint density at radius 2 is 1.77 bits per heavy atom. The minimum atomic E-state index is -0.171. The molecule has 0 unspecified atom stereocenters. The summed E-state index contributed by atoms with van der Waals surface area (Å²) in [5, 5.41) is 9.47. The van der Waals surface area contributed by atoms with Crippen LogP contribution in [0.5, 0.6) is 5.75 Å². The first-order valence-electron chi connectivity index (χ1n) is 8.29. The van der Waals surface area contributed by atoms with Gasteiger partial charge >= 0.3 is 0 Å². The monoisotopic (exact) mass is 348 g/mol. The molecule has 1 N–H and O–H groups in total. The lowest BCUT2D eigenvalue weighted by atomic mass is 10.1. The highest BCUT2D eigenvalue weighted by molar-refractivity contribution is 5.92. The SMILES string of the molecule is Cc1cc(C(=O)N(Cc2ccc(O)cc2)Cc2cccnc2)nc(C)n1. The molecule has 6 nitrogen and oxygen atoms in total. The van der Waals surface area contributed by atoms with E-state index in [4.69, 9.17) is 0 Å². The van der Waals surface area contributed by atoms with Crippen LogP contribution in [0.1, 0.15) is 33.1 Å². The summed E-state index contributed by atoms with van der Waals surface area (Å²) in [6, 6.07) is 12.3. The van der Waals surface area contributed by atoms with Gasteiger partial charge in [-0.25, -0.2) is 9.97 Å². The van der Waals surface area contributed by atoms with Gasteiger partial charge in [-0.2, -0.15) is 0 Å². The van der Waals surface area contributed by atoms with Crippen LogP contribution in [-0.2, 0) is 13.1 Å². The van der Waals surface area contributed by atoms with Gasteiger partial charge in [0.05, 0.1) is 0 Å². The third-order valence-electron chi connectivity index (χ3n) is 3.88. The van der Waals surface area contributed by atoms with E-state index in [1.165, 1.54) is 0 Å². The summed E-state index contributed by atoms with van der Waals surface area (Å²) in [5.41, 5.74) is 2.98. The van der Waals surface area contributed by atoms with Gasteiger partial charge in [-0.05, 0) is 49.2 Å². The molecule has 0 radical (unpaired) electrons. The maximum atomic E-state index is 13.1. The first kappa shape index (κ1) is 17.5. The number of amides is 1. The molecule has 6 heteroatoms. The normalized spacial score (nSPS) is 10.5. The van der Waals surface area contributed by atoms with Crippen molar-refractivity contribution in [3.05, 3.63) is 83.2 Å². The van der Waals surface area contributed by atoms with Gasteiger partial charge in [-0.3, -0.25) is 9.78 Å². The highest BCUT2D eigenvalue weighted by Crippen LogP contribution is 2.16. The summed E-state index contributed by atoms with van der Waals surface area (Å²) < 4.78 is 0. The van der Waals surface area contributed by atoms with Gasteiger partial charge in [0, 0.05) is 31.2 Å². The molecule has 0 atom stereocenters. The molecule has 1 amide bonds. The highest BCUT2D eigenvalue weighted by atomic mass is 16.3. The number of aromatic nitrogens is 3. The van der Waals surface area contributed by atoms with Crippen LogP contribution < -0.4 is 0 Å². The summed E-state index contributed by atoms with van der Waals surface area (Å²) in [5.74, 6) is 0.593. The van der Waals surface area contributed by atoms with Crippen molar-refractivity contribution in [2.24, 2.45) is 0 Å². The minimum absolute atomic E-state index is 0.171. The Bertz CT molecular complexity index is 875. The molecule has 3 aromatic rings. The molecule has 0 aliphatic rings. The van der Waals surface area contributed by atoms with Crippen LogP contribution in [0, 0.1) is 13.8 Å². The zero-order valence-electron chi connectivity index (χ0n) is 14.8. The van der Waals surface area contributed by atoms with E-state index >= 15 is 0 Å². The zero-order chi connectivity index (χ0) is 18.5. The van der Waals surface area contributed by atoms with E-state index < -0.39 is 0 Å². The Balaban J connectivity index is 1.90. The molecule has 0 saturated heterocycles. The number of benzene rings is 1. The number of carbonyl (C=O) groups excluding carboxylic acids is 1. The lowest BCUT2D eigenvalue weighted by Crippen LogP contribution is -2.31. The zero-order valence-corrected chi connectivity index (χ0v) is 14.8. The molecule has 132 valence electrons. The summed E-state index contributed by atoms with van der Waals surface area (Å²) >= 11 is 0. The number of hydrogen-bond acceptors (Lipinski definition) is 5. The fourth-order valence-electron chi connectivity index (χ4n) is 2.72. The van der Waals surface area contributed by atoms with E-state index in [-0.39, 0.29) is 11.7 Å². The van der Waals surface area contributed by atoms with E-state index in [1.54, 1.807) is 54.5 Å². The molecule has 0 aliphatic carbocycles. The van der Waals surface area contributed by atoms with Gasteiger partial charge < -0.3 is 10.0 Å². The molecule has 0 aliphatic heterocycles. The van der Waals surface area contributed by atoms with Crippen molar-refractivity contribution in [3.8, 4) is 5.75 Å². The van der Waals surface area contributed by atoms with Crippen LogP contribution in [0.15, 0.2) is 54.9 Å². The van der Waals surface area contributed by atoms with E-state index in [9.17, 15) is 9.90 Å². The van der Waals surface area contributed by atoms with Crippen molar-refractivity contribution in [3.63, 3.8) is 0 Å². The smallest absolute Gasteiger partial charge is 0.273 e. The standard InChI is InChI=1S/C20H20N4O2/c1-14-10-19(23-15(2)22-14)20(26)24(13-17-4-3-9-21-11-17)12-16-5-7-18(25)8-6-16/h3-11,25H,12-13H2,1-2H3. The van der Waals surface area contributed by atoms with Crippen molar-refractivity contribution in [1.82, 2.24) is 19.9 Å². The van der Waals surface area contributed by atoms with Crippen LogP contribution >= 0.6 is 0 Å². The van der Waals surface area contributed by atoms with E-state index in [0.717, 1.165) is 16.8 Å². The minimum Gasteiger partial charge on any atom is -0.508 e. The number of aryl methyl sites for hydroxylation is 2. The number of carbonyl (C=O) groups is 1. The number of phenolic OH excluding ortho intramolecular Hbond substituents is 1. The molecular formula is C20H20N4O2. The number of hydrogen-bond donors (Lipinski definition) is 1. The van der Waals surface area contributed by atoms with Crippen molar-refractivity contribution in [2.45, 2.75) is 26.9 Å². The van der Waals surface area contributed by atoms with Gasteiger partial charge in [0.25, 0.3) is 5.91 Å². The summed E-state index contributed by atoms with van der Waals surface area (Å²) in [6.07, 6.45) is 3.44. The van der Waals surface area contributed by atoms with Crippen LogP contribution in [0.4, 0.5) is 0 Å². The average molecular weight is 348 g/mol. The molecule has 0 spiro atoms. The second kappa shape index (κ2) is 7.74. The summed E-state index contributed by atoms with van der Waals surface area (Å²) in [4.78, 5) is 27.5. The maximum absolute atomic E-state index is 13.1. The molecule has 3 rings (SSSR count). The maximum Gasteiger partial charge on any atom is 0.273 e. The number of phenols is 1. The van der Waals surface area contributed by atoms with E-state index in [1.807, 2.05) is 19.1 Å². The molecule has 0 saturated carbocycles. The lowest BCUT2D eigenvalue weighted by Gasteiger charge is -2.23. The van der Waals surface area contributed by atoms with Crippen LogP contribution in [-0.4, -0.2) is 30.9 Å². The van der Waals surface area contributed by atoms with Crippen molar-refractivity contribution >= 4 is 5.91 Å². The Morgan fingerprint density at radius 3 is 2.42 bits per heavy atom. The van der Waals surface area contributed by atoms with Crippen molar-refractivity contribution in [2.75, 3.05) is 0 Å². The van der Waals surface area contributed by atoms with Gasteiger partial charge in [-0.15, -0.1) is 0 Å². The van der Waals surface area contributed by atoms with Crippen molar-refractivity contribution in [1.29, 1.82) is 0 Å². The number of pyridine rings is 1. The van der Waals surface area contributed by atoms with E-state index in [0.29, 0.717) is 24.6 Å². The van der Waals surface area contributed by atoms with Gasteiger partial charge in [0.1, 0.15) is 17.3 Å². The Labute approximate surface area is 152 Å². The fraction of sp³-hybridized carbons (Fsp3) is 0.200. The number of rotatable bonds is 5. The average Bonchev–Trinajstić information content (AvgIpc) is 2.62. The Morgan fingerprint density at radius 1 is 1.04 bits per heavy atom. The first-order chi connectivity index (χ1) is 12.5. The molecule has 2 heterocycles. The fourth-order valence-corrected chi connectivity index (χ4v) is 2.72. The third-order valence-corrected chi connectivity index (χ3v) is 3.88. The second-order valence-electron chi connectivity index (χ2n) is 6.13. The largest absolute Gasteiger partial charge is 0.508 e. The molecule has 26 heavy (non-hydrogen) atoms. The summed E-state index contributed by atoms with van der Waals surface area (Å²) in [7, 11) is 0. The van der Waals surface area contributed by atoms with Crippen LogP contribution in [0.2, 0.25) is 0 Å². The van der Waals surface area contributed by atoms with E-state index in [2.05, 4.69) is 15.0 Å². The van der Waals surface area contributed by atoms with Crippen LogP contribution in [0.25, 0.3) is 0 Å². The predicted molar refractivity (Wildman–Crippen MR) is 97.4 cm³/mol. The molecule has 0 bridgehead atoms. The quantitative estimate of drug-likeness (QED) is 0.767. The van der Waals surface area contributed by atoms with Crippen LogP contribution in [0.3, 0.4) is 0 Å².